The highest BCUT2D eigenvalue weighted by Crippen LogP contribution is 2.32. The summed E-state index contributed by atoms with van der Waals surface area (Å²) in [5.74, 6) is 0.316. The van der Waals surface area contributed by atoms with Gasteiger partial charge in [-0.1, -0.05) is 69.3 Å². The van der Waals surface area contributed by atoms with Crippen molar-refractivity contribution in [1.29, 1.82) is 0 Å². The minimum absolute atomic E-state index is 0.0208. The Bertz CT molecular complexity index is 1140. The van der Waals surface area contributed by atoms with Crippen LogP contribution < -0.4 is 21.7 Å². The molecule has 2 unspecified atom stereocenters. The largest absolute Gasteiger partial charge is 0.385 e. The molecule has 1 aliphatic rings. The third-order valence-corrected chi connectivity index (χ3v) is 5.60. The summed E-state index contributed by atoms with van der Waals surface area (Å²) in [6, 6.07) is 23.7. The Morgan fingerprint density at radius 3 is 2.47 bits per heavy atom. The van der Waals surface area contributed by atoms with E-state index < -0.39 is 12.1 Å². The summed E-state index contributed by atoms with van der Waals surface area (Å²) >= 11 is 0. The molecule has 5 N–H and O–H groups in total. The number of amides is 1. The minimum atomic E-state index is -0.463. The Morgan fingerprint density at radius 1 is 1.03 bits per heavy atom. The number of hydrogen-bond acceptors (Lipinski definition) is 5. The fourth-order valence-corrected chi connectivity index (χ4v) is 3.99. The number of carbonyl (C=O) groups is 1. The van der Waals surface area contributed by atoms with Crippen molar-refractivity contribution < 1.29 is 4.79 Å². The fourth-order valence-electron chi connectivity index (χ4n) is 3.99. The van der Waals surface area contributed by atoms with E-state index in [1.807, 2.05) is 62.4 Å². The second-order valence-corrected chi connectivity index (χ2v) is 7.90. The van der Waals surface area contributed by atoms with Gasteiger partial charge in [0.1, 0.15) is 12.0 Å². The van der Waals surface area contributed by atoms with E-state index in [1.165, 1.54) is 5.56 Å². The zero-order valence-electron chi connectivity index (χ0n) is 20.4. The van der Waals surface area contributed by atoms with Gasteiger partial charge in [0.25, 0.3) is 0 Å². The molecule has 2 atom stereocenters. The van der Waals surface area contributed by atoms with Crippen LogP contribution in [-0.2, 0) is 0 Å². The van der Waals surface area contributed by atoms with Gasteiger partial charge in [-0.05, 0) is 43.2 Å². The van der Waals surface area contributed by atoms with Crippen LogP contribution in [-0.4, -0.2) is 18.3 Å². The summed E-state index contributed by atoms with van der Waals surface area (Å²) in [6.07, 6.45) is 0.639. The Morgan fingerprint density at radius 2 is 1.71 bits per heavy atom. The molecular formula is C28H35N5O. The van der Waals surface area contributed by atoms with Gasteiger partial charge in [0, 0.05) is 34.6 Å². The molecule has 1 aliphatic heterocycles. The maximum Gasteiger partial charge on any atom is 0.249 e. The minimum Gasteiger partial charge on any atom is -0.385 e. The number of nitrogens with one attached hydrogen (secondary N) is 3. The third kappa shape index (κ3) is 5.57. The van der Waals surface area contributed by atoms with Gasteiger partial charge in [0.15, 0.2) is 0 Å². The molecule has 0 aliphatic carbocycles. The predicted molar refractivity (Wildman–Crippen MR) is 142 cm³/mol. The van der Waals surface area contributed by atoms with E-state index in [0.29, 0.717) is 5.56 Å². The molecule has 0 spiro atoms. The molecule has 6 heteroatoms. The van der Waals surface area contributed by atoms with Crippen molar-refractivity contribution in [3.8, 4) is 0 Å². The van der Waals surface area contributed by atoms with Gasteiger partial charge in [-0.25, -0.2) is 4.99 Å². The van der Waals surface area contributed by atoms with Crippen LogP contribution in [0.5, 0.6) is 0 Å². The lowest BCUT2D eigenvalue weighted by Crippen LogP contribution is -2.33. The van der Waals surface area contributed by atoms with Crippen LogP contribution in [0, 0.1) is 0 Å². The van der Waals surface area contributed by atoms with Crippen LogP contribution in [0.2, 0.25) is 0 Å². The van der Waals surface area contributed by atoms with Gasteiger partial charge >= 0.3 is 0 Å². The van der Waals surface area contributed by atoms with Gasteiger partial charge in [-0.3, -0.25) is 4.79 Å². The molecule has 0 aromatic heterocycles. The van der Waals surface area contributed by atoms with Crippen molar-refractivity contribution in [2.24, 2.45) is 10.7 Å². The van der Waals surface area contributed by atoms with Gasteiger partial charge in [0.2, 0.25) is 5.91 Å². The molecule has 1 amide bonds. The molecule has 6 nitrogen and oxygen atoms in total. The predicted octanol–water partition coefficient (Wildman–Crippen LogP) is 5.86. The van der Waals surface area contributed by atoms with Gasteiger partial charge in [0.05, 0.1) is 6.04 Å². The number of fused-ring (bicyclic) bond motifs is 1. The van der Waals surface area contributed by atoms with Crippen LogP contribution >= 0.6 is 0 Å². The maximum atomic E-state index is 12.0. The van der Waals surface area contributed by atoms with Gasteiger partial charge in [-0.2, -0.15) is 0 Å². The van der Waals surface area contributed by atoms with E-state index in [1.54, 1.807) is 6.07 Å². The number of aliphatic imine (C=N–C) groups is 1. The van der Waals surface area contributed by atoms with Crippen molar-refractivity contribution >= 4 is 23.1 Å². The smallest absolute Gasteiger partial charge is 0.249 e. The molecule has 34 heavy (non-hydrogen) atoms. The number of nitrogens with zero attached hydrogens (tertiary/aromatic N) is 1. The van der Waals surface area contributed by atoms with Crippen molar-refractivity contribution in [1.82, 2.24) is 5.32 Å². The highest BCUT2D eigenvalue weighted by Gasteiger charge is 2.25. The molecule has 4 rings (SSSR count). The molecule has 0 bridgehead atoms. The van der Waals surface area contributed by atoms with Crippen LogP contribution in [0.1, 0.15) is 73.4 Å². The lowest BCUT2D eigenvalue weighted by Gasteiger charge is -2.29. The first-order chi connectivity index (χ1) is 16.6. The monoisotopic (exact) mass is 457 g/mol. The quantitative estimate of drug-likeness (QED) is 0.358. The number of rotatable bonds is 7. The van der Waals surface area contributed by atoms with Crippen LogP contribution in [0.4, 0.5) is 11.4 Å². The van der Waals surface area contributed by atoms with E-state index in [9.17, 15) is 4.79 Å². The number of hydrogen-bond donors (Lipinski definition) is 4. The standard InChI is InChI=1S/C26H29N5O.C2H6/c1-3-16-28-22-14-8-6-10-18(22)17(2)29-26-21-13-7-9-15-23(21)30-25(31-26)20-12-5-4-11-19(20)24(27)32;1-2/h4-15,17,25,28,30H,3,16H2,1-2H3,(H2,27,32)(H,29,31);1-2H3. The van der Waals surface area contributed by atoms with Crippen molar-refractivity contribution in [3.05, 3.63) is 95.1 Å². The van der Waals surface area contributed by atoms with E-state index in [2.05, 4.69) is 48.0 Å². The number of primary amides is 1. The van der Waals surface area contributed by atoms with Crippen LogP contribution in [0.15, 0.2) is 77.8 Å². The van der Waals surface area contributed by atoms with Gasteiger partial charge in [-0.15, -0.1) is 0 Å². The molecule has 0 fully saturated rings. The second-order valence-electron chi connectivity index (χ2n) is 7.90. The molecule has 1 heterocycles. The number of nitrogens with two attached hydrogens (primary N) is 1. The second kappa shape index (κ2) is 11.9. The Labute approximate surface area is 202 Å². The topological polar surface area (TPSA) is 91.5 Å². The zero-order valence-corrected chi connectivity index (χ0v) is 20.4. The Hall–Kier alpha value is -3.80. The van der Waals surface area contributed by atoms with Crippen LogP contribution in [0.3, 0.4) is 0 Å². The lowest BCUT2D eigenvalue weighted by atomic mass is 10.0. The van der Waals surface area contributed by atoms with E-state index >= 15 is 0 Å². The average molecular weight is 458 g/mol. The lowest BCUT2D eigenvalue weighted by molar-refractivity contribution is 0.0999. The first kappa shape index (κ1) is 24.8. The summed E-state index contributed by atoms with van der Waals surface area (Å²) in [5, 5.41) is 10.6. The number of amidine groups is 1. The van der Waals surface area contributed by atoms with Gasteiger partial charge < -0.3 is 21.7 Å². The van der Waals surface area contributed by atoms with Crippen LogP contribution in [0.25, 0.3) is 0 Å². The zero-order chi connectivity index (χ0) is 24.5. The normalized spacial score (nSPS) is 14.9. The summed E-state index contributed by atoms with van der Waals surface area (Å²) in [5.41, 5.74) is 11.1. The fraction of sp³-hybridized carbons (Fsp3) is 0.286. The third-order valence-electron chi connectivity index (χ3n) is 5.60. The Kier molecular flexibility index (Phi) is 8.68. The summed E-state index contributed by atoms with van der Waals surface area (Å²) in [7, 11) is 0. The number of benzene rings is 3. The molecular weight excluding hydrogens is 422 g/mol. The van der Waals surface area contributed by atoms with Crippen molar-refractivity contribution in [3.63, 3.8) is 0 Å². The molecule has 0 radical (unpaired) electrons. The summed E-state index contributed by atoms with van der Waals surface area (Å²) < 4.78 is 0. The first-order valence-corrected chi connectivity index (χ1v) is 12.0. The highest BCUT2D eigenvalue weighted by atomic mass is 16.1. The molecule has 0 saturated heterocycles. The average Bonchev–Trinajstić information content (AvgIpc) is 2.88. The van der Waals surface area contributed by atoms with E-state index in [0.717, 1.165) is 41.3 Å². The molecule has 3 aromatic rings. The van der Waals surface area contributed by atoms with Crippen molar-refractivity contribution in [2.45, 2.75) is 46.3 Å². The number of anilines is 2. The molecule has 0 saturated carbocycles. The maximum absolute atomic E-state index is 12.0. The number of para-hydroxylation sites is 2. The highest BCUT2D eigenvalue weighted by molar-refractivity contribution is 6.05. The Balaban J connectivity index is 0.00000158. The molecule has 178 valence electrons. The van der Waals surface area contributed by atoms with E-state index in [-0.39, 0.29) is 6.04 Å². The first-order valence-electron chi connectivity index (χ1n) is 12.0. The summed E-state index contributed by atoms with van der Waals surface area (Å²) in [6.45, 7) is 9.21. The summed E-state index contributed by atoms with van der Waals surface area (Å²) in [4.78, 5) is 17.0. The SMILES string of the molecule is CC.CCCNc1ccccc1C(C)NC1=NC(c2ccccc2C(N)=O)Nc2ccccc21. The van der Waals surface area contributed by atoms with E-state index in [4.69, 9.17) is 10.7 Å². The van der Waals surface area contributed by atoms with Crippen molar-refractivity contribution in [2.75, 3.05) is 17.2 Å². The molecule has 3 aromatic carbocycles. The number of carbonyl (C=O) groups excluding carboxylic acids is 1.